The topological polar surface area (TPSA) is 54.7 Å². The van der Waals surface area contributed by atoms with Gasteiger partial charge >= 0.3 is 0 Å². The maximum Gasteiger partial charge on any atom is 0.275 e. The zero-order valence-electron chi connectivity index (χ0n) is 16.1. The molecular formula is C24H14ClN3O2S. The van der Waals surface area contributed by atoms with E-state index in [1.807, 2.05) is 72.8 Å². The van der Waals surface area contributed by atoms with Crippen molar-refractivity contribution in [1.82, 2.24) is 9.38 Å². The lowest BCUT2D eigenvalue weighted by atomic mass is 10.1. The highest BCUT2D eigenvalue weighted by molar-refractivity contribution is 7.15. The molecule has 2 aromatic heterocycles. The fraction of sp³-hybridized carbons (Fsp3) is 0.0417. The van der Waals surface area contributed by atoms with Crippen molar-refractivity contribution in [2.45, 2.75) is 6.54 Å². The van der Waals surface area contributed by atoms with Gasteiger partial charge in [0.25, 0.3) is 11.5 Å². The zero-order valence-corrected chi connectivity index (χ0v) is 17.7. The van der Waals surface area contributed by atoms with Crippen molar-refractivity contribution < 1.29 is 4.79 Å². The highest BCUT2D eigenvalue weighted by Gasteiger charge is 2.34. The van der Waals surface area contributed by atoms with Crippen LogP contribution in [0.15, 0.2) is 77.6 Å². The SMILES string of the molecule is O=C1/C(=c2/sc3nc4ccccc4n3c2=O)c2ccccc2N1Cc1ccc(Cl)cc1. The van der Waals surface area contributed by atoms with Gasteiger partial charge in [-0.15, -0.1) is 0 Å². The summed E-state index contributed by atoms with van der Waals surface area (Å²) in [7, 11) is 0. The molecule has 150 valence electrons. The van der Waals surface area contributed by atoms with E-state index in [1.54, 1.807) is 9.30 Å². The van der Waals surface area contributed by atoms with Crippen molar-refractivity contribution in [2.75, 3.05) is 4.90 Å². The number of benzene rings is 3. The summed E-state index contributed by atoms with van der Waals surface area (Å²) in [4.78, 5) is 33.8. The van der Waals surface area contributed by atoms with E-state index in [0.29, 0.717) is 26.6 Å². The molecule has 3 heterocycles. The number of thiazole rings is 1. The lowest BCUT2D eigenvalue weighted by Gasteiger charge is -2.17. The number of anilines is 1. The summed E-state index contributed by atoms with van der Waals surface area (Å²) in [6.07, 6.45) is 0. The third-order valence-electron chi connectivity index (χ3n) is 5.52. The molecule has 3 aromatic carbocycles. The van der Waals surface area contributed by atoms with Crippen molar-refractivity contribution in [3.8, 4) is 0 Å². The third-order valence-corrected chi connectivity index (χ3v) is 6.82. The fourth-order valence-electron chi connectivity index (χ4n) is 4.09. The smallest absolute Gasteiger partial charge is 0.275 e. The van der Waals surface area contributed by atoms with Crippen LogP contribution in [0.5, 0.6) is 0 Å². The highest BCUT2D eigenvalue weighted by atomic mass is 35.5. The lowest BCUT2D eigenvalue weighted by molar-refractivity contribution is -0.113. The molecule has 0 aliphatic carbocycles. The predicted molar refractivity (Wildman–Crippen MR) is 124 cm³/mol. The van der Waals surface area contributed by atoms with Crippen LogP contribution in [0.25, 0.3) is 21.6 Å². The molecule has 0 saturated carbocycles. The van der Waals surface area contributed by atoms with Crippen molar-refractivity contribution in [1.29, 1.82) is 0 Å². The van der Waals surface area contributed by atoms with Gasteiger partial charge in [0, 0.05) is 10.6 Å². The summed E-state index contributed by atoms with van der Waals surface area (Å²) in [6, 6.07) is 22.5. The molecule has 0 spiro atoms. The third kappa shape index (κ3) is 2.72. The van der Waals surface area contributed by atoms with Crippen molar-refractivity contribution >= 4 is 56.1 Å². The van der Waals surface area contributed by atoms with Crippen LogP contribution in [0.4, 0.5) is 5.69 Å². The standard InChI is InChI=1S/C24H14ClN3O2S/c25-15-11-9-14(10-12-15)13-27-18-7-3-1-5-16(18)20(22(27)29)21-23(30)28-19-8-4-2-6-17(19)26-24(28)31-21/h1-12H,13H2/b21-20+. The first-order valence-electron chi connectivity index (χ1n) is 9.72. The van der Waals surface area contributed by atoms with Crippen LogP contribution in [0.1, 0.15) is 11.1 Å². The number of carbonyl (C=O) groups is 1. The van der Waals surface area contributed by atoms with Gasteiger partial charge in [0.1, 0.15) is 4.53 Å². The monoisotopic (exact) mass is 443 g/mol. The molecule has 1 aliphatic rings. The molecule has 0 saturated heterocycles. The van der Waals surface area contributed by atoms with E-state index in [2.05, 4.69) is 4.98 Å². The van der Waals surface area contributed by atoms with Crippen LogP contribution in [0.2, 0.25) is 5.02 Å². The Morgan fingerprint density at radius 2 is 1.65 bits per heavy atom. The van der Waals surface area contributed by atoms with Crippen LogP contribution in [-0.2, 0) is 11.3 Å². The Labute approximate surface area is 185 Å². The van der Waals surface area contributed by atoms with Gasteiger partial charge in [-0.2, -0.15) is 0 Å². The first kappa shape index (κ1) is 18.3. The molecule has 5 nitrogen and oxygen atoms in total. The summed E-state index contributed by atoms with van der Waals surface area (Å²) < 4.78 is 2.02. The number of halogens is 1. The number of carbonyl (C=O) groups excluding carboxylic acids is 1. The number of amides is 1. The molecule has 0 bridgehead atoms. The van der Waals surface area contributed by atoms with E-state index < -0.39 is 0 Å². The predicted octanol–water partition coefficient (Wildman–Crippen LogP) is 4.03. The summed E-state index contributed by atoms with van der Waals surface area (Å²) in [5.74, 6) is -0.179. The minimum absolute atomic E-state index is 0.179. The number of hydrogen-bond donors (Lipinski definition) is 0. The van der Waals surface area contributed by atoms with Gasteiger partial charge in [-0.3, -0.25) is 9.59 Å². The molecule has 31 heavy (non-hydrogen) atoms. The average Bonchev–Trinajstić information content (AvgIpc) is 3.39. The van der Waals surface area contributed by atoms with Gasteiger partial charge < -0.3 is 4.90 Å². The van der Waals surface area contributed by atoms with E-state index in [0.717, 1.165) is 27.8 Å². The number of rotatable bonds is 2. The van der Waals surface area contributed by atoms with Crippen molar-refractivity contribution in [3.63, 3.8) is 0 Å². The van der Waals surface area contributed by atoms with E-state index in [4.69, 9.17) is 11.6 Å². The van der Waals surface area contributed by atoms with Crippen molar-refractivity contribution in [2.24, 2.45) is 0 Å². The molecule has 0 unspecified atom stereocenters. The Balaban J connectivity index is 1.58. The summed E-state index contributed by atoms with van der Waals surface area (Å²) in [5, 5.41) is 0.648. The zero-order chi connectivity index (χ0) is 21.1. The second-order valence-electron chi connectivity index (χ2n) is 7.36. The number of aromatic nitrogens is 2. The van der Waals surface area contributed by atoms with Crippen molar-refractivity contribution in [3.05, 3.63) is 104 Å². The first-order valence-corrected chi connectivity index (χ1v) is 10.9. The molecule has 7 heteroatoms. The Hall–Kier alpha value is -3.48. The molecule has 0 radical (unpaired) electrons. The molecule has 5 aromatic rings. The largest absolute Gasteiger partial charge is 0.303 e. The van der Waals surface area contributed by atoms with Gasteiger partial charge in [0.15, 0.2) is 4.96 Å². The Bertz CT molecular complexity index is 1620. The van der Waals surface area contributed by atoms with E-state index in [-0.39, 0.29) is 11.5 Å². The average molecular weight is 444 g/mol. The van der Waals surface area contributed by atoms with Crippen LogP contribution in [-0.4, -0.2) is 15.3 Å². The van der Waals surface area contributed by atoms with Crippen LogP contribution >= 0.6 is 22.9 Å². The maximum atomic E-state index is 13.5. The van der Waals surface area contributed by atoms with E-state index in [1.165, 1.54) is 11.3 Å². The number of nitrogens with zero attached hydrogens (tertiary/aromatic N) is 3. The van der Waals surface area contributed by atoms with E-state index in [9.17, 15) is 9.59 Å². The van der Waals surface area contributed by atoms with Crippen LogP contribution in [0, 0.1) is 0 Å². The van der Waals surface area contributed by atoms with Gasteiger partial charge in [-0.1, -0.05) is 65.4 Å². The van der Waals surface area contributed by atoms with Gasteiger partial charge in [-0.05, 0) is 35.9 Å². The number of hydrogen-bond acceptors (Lipinski definition) is 4. The van der Waals surface area contributed by atoms with Gasteiger partial charge in [0.2, 0.25) is 0 Å². The molecule has 0 fully saturated rings. The summed E-state index contributed by atoms with van der Waals surface area (Å²) in [5.41, 5.74) is 4.28. The van der Waals surface area contributed by atoms with Gasteiger partial charge in [0.05, 0.1) is 28.8 Å². The number of fused-ring (bicyclic) bond motifs is 4. The summed E-state index contributed by atoms with van der Waals surface area (Å²) >= 11 is 7.26. The molecular weight excluding hydrogens is 430 g/mol. The molecule has 1 amide bonds. The molecule has 0 N–H and O–H groups in total. The molecule has 6 rings (SSSR count). The summed E-state index contributed by atoms with van der Waals surface area (Å²) in [6.45, 7) is 0.399. The van der Waals surface area contributed by atoms with Crippen LogP contribution in [0.3, 0.4) is 0 Å². The number of imidazole rings is 1. The first-order chi connectivity index (χ1) is 15.1. The van der Waals surface area contributed by atoms with Gasteiger partial charge in [-0.25, -0.2) is 9.38 Å². The molecule has 1 aliphatic heterocycles. The number of para-hydroxylation sites is 3. The Morgan fingerprint density at radius 3 is 2.48 bits per heavy atom. The minimum atomic E-state index is -0.208. The minimum Gasteiger partial charge on any atom is -0.303 e. The van der Waals surface area contributed by atoms with Crippen LogP contribution < -0.4 is 15.0 Å². The lowest BCUT2D eigenvalue weighted by Crippen LogP contribution is -2.31. The quantitative estimate of drug-likeness (QED) is 0.414. The Morgan fingerprint density at radius 1 is 0.903 bits per heavy atom. The second-order valence-corrected chi connectivity index (χ2v) is 8.78. The Kier molecular flexibility index (Phi) is 4.00. The maximum absolute atomic E-state index is 13.5. The second kappa shape index (κ2) is 6.77. The fourth-order valence-corrected chi connectivity index (χ4v) is 5.29. The van der Waals surface area contributed by atoms with E-state index >= 15 is 0 Å². The molecule has 0 atom stereocenters. The normalized spacial score (nSPS) is 15.3. The highest BCUT2D eigenvalue weighted by Crippen LogP contribution is 2.36.